The predicted octanol–water partition coefficient (Wildman–Crippen LogP) is 4.00. The van der Waals surface area contributed by atoms with Crippen LogP contribution in [0, 0.1) is 17.3 Å². The number of benzene rings is 1. The van der Waals surface area contributed by atoms with Gasteiger partial charge in [0.2, 0.25) is 0 Å². The summed E-state index contributed by atoms with van der Waals surface area (Å²) in [5.74, 6) is 7.83. The van der Waals surface area contributed by atoms with E-state index in [1.165, 1.54) is 12.8 Å². The Morgan fingerprint density at radius 1 is 1.10 bits per heavy atom. The Balaban J connectivity index is 1.46. The van der Waals surface area contributed by atoms with Gasteiger partial charge in [0.05, 0.1) is 17.3 Å². The molecule has 1 aliphatic carbocycles. The van der Waals surface area contributed by atoms with Crippen molar-refractivity contribution in [1.82, 2.24) is 20.3 Å². The lowest BCUT2D eigenvalue weighted by atomic mass is 9.93. The van der Waals surface area contributed by atoms with Crippen LogP contribution in [0.15, 0.2) is 48.9 Å². The number of hydrogen-bond donors (Lipinski definition) is 2. The Morgan fingerprint density at radius 2 is 2.00 bits per heavy atom. The summed E-state index contributed by atoms with van der Waals surface area (Å²) in [6, 6.07) is 10.5. The summed E-state index contributed by atoms with van der Waals surface area (Å²) in [5.41, 5.74) is 5.97. The van der Waals surface area contributed by atoms with Crippen LogP contribution in [0.25, 0.3) is 11.1 Å². The van der Waals surface area contributed by atoms with Gasteiger partial charge < -0.3 is 5.32 Å². The number of fused-ring (bicyclic) bond motifs is 1. The zero-order chi connectivity index (χ0) is 19.8. The highest BCUT2D eigenvalue weighted by atomic mass is 15.0. The number of hydrogen-bond acceptors (Lipinski definition) is 4. The van der Waals surface area contributed by atoms with Crippen molar-refractivity contribution in [3.63, 3.8) is 0 Å². The summed E-state index contributed by atoms with van der Waals surface area (Å²) in [4.78, 5) is 13.6. The zero-order valence-corrected chi connectivity index (χ0v) is 16.2. The van der Waals surface area contributed by atoms with Gasteiger partial charge in [0.1, 0.15) is 11.7 Å². The monoisotopic (exact) mass is 379 g/mol. The number of amidine groups is 1. The Labute approximate surface area is 170 Å². The summed E-state index contributed by atoms with van der Waals surface area (Å²) in [7, 11) is 0. The Hall–Kier alpha value is -3.52. The van der Waals surface area contributed by atoms with Crippen molar-refractivity contribution in [2.45, 2.75) is 38.1 Å². The van der Waals surface area contributed by atoms with E-state index < -0.39 is 0 Å². The minimum Gasteiger partial charge on any atom is -0.363 e. The van der Waals surface area contributed by atoms with Gasteiger partial charge in [-0.2, -0.15) is 0 Å². The second-order valence-electron chi connectivity index (χ2n) is 7.60. The van der Waals surface area contributed by atoms with E-state index in [4.69, 9.17) is 10.4 Å². The zero-order valence-electron chi connectivity index (χ0n) is 16.2. The van der Waals surface area contributed by atoms with Crippen LogP contribution in [0.4, 0.5) is 0 Å². The van der Waals surface area contributed by atoms with E-state index in [9.17, 15) is 0 Å². The van der Waals surface area contributed by atoms with Crippen LogP contribution in [0.1, 0.15) is 59.9 Å². The highest BCUT2D eigenvalue weighted by Crippen LogP contribution is 2.38. The normalized spacial score (nSPS) is 17.7. The van der Waals surface area contributed by atoms with Crippen LogP contribution in [0.2, 0.25) is 0 Å². The van der Waals surface area contributed by atoms with Gasteiger partial charge >= 0.3 is 0 Å². The van der Waals surface area contributed by atoms with Gasteiger partial charge in [-0.15, -0.1) is 5.92 Å². The van der Waals surface area contributed by atoms with Crippen molar-refractivity contribution >= 4 is 5.84 Å². The number of aromatic nitrogens is 3. The highest BCUT2D eigenvalue weighted by molar-refractivity contribution is 5.98. The molecule has 29 heavy (non-hydrogen) atoms. The molecule has 0 radical (unpaired) electrons. The lowest BCUT2D eigenvalue weighted by molar-refractivity contribution is 0.607. The van der Waals surface area contributed by atoms with Gasteiger partial charge in [-0.3, -0.25) is 10.4 Å². The minimum absolute atomic E-state index is 0.0171. The van der Waals surface area contributed by atoms with Gasteiger partial charge in [-0.05, 0) is 43.0 Å². The third kappa shape index (κ3) is 3.50. The molecule has 3 heterocycles. The molecular weight excluding hydrogens is 358 g/mol. The van der Waals surface area contributed by atoms with Crippen LogP contribution in [0.3, 0.4) is 0 Å². The molecule has 0 amide bonds. The molecule has 142 valence electrons. The molecule has 1 unspecified atom stereocenters. The van der Waals surface area contributed by atoms with Crippen molar-refractivity contribution in [2.24, 2.45) is 0 Å². The first-order valence-electron chi connectivity index (χ1n) is 9.90. The number of nitrogens with zero attached hydrogens (tertiary/aromatic N) is 3. The van der Waals surface area contributed by atoms with Crippen LogP contribution < -0.4 is 5.32 Å². The third-order valence-electron chi connectivity index (χ3n) is 5.44. The van der Waals surface area contributed by atoms with Crippen LogP contribution in [-0.4, -0.2) is 20.8 Å². The number of rotatable bonds is 3. The Bertz CT molecular complexity index is 1170. The first kappa shape index (κ1) is 17.6. The molecular formula is C24H21N5. The molecule has 1 atom stereocenters. The second-order valence-corrected chi connectivity index (χ2v) is 7.60. The molecule has 2 N–H and O–H groups in total. The molecule has 5 nitrogen and oxygen atoms in total. The molecule has 1 saturated carbocycles. The summed E-state index contributed by atoms with van der Waals surface area (Å²) < 4.78 is 0. The number of nitrogens with one attached hydrogen (secondary N) is 2. The van der Waals surface area contributed by atoms with Crippen molar-refractivity contribution in [2.75, 3.05) is 0 Å². The average Bonchev–Trinajstić information content (AvgIpc) is 3.59. The van der Waals surface area contributed by atoms with E-state index in [-0.39, 0.29) is 6.04 Å². The maximum atomic E-state index is 8.42. The maximum Gasteiger partial charge on any atom is 0.131 e. The fraction of sp³-hybridized carbons (Fsp3) is 0.250. The maximum absolute atomic E-state index is 8.42. The lowest BCUT2D eigenvalue weighted by Gasteiger charge is -2.27. The topological polar surface area (TPSA) is 74.5 Å². The van der Waals surface area contributed by atoms with Gasteiger partial charge in [0.15, 0.2) is 0 Å². The SMILES string of the molecule is CC#Cc1cncc(-c2cccc(C3Cc4nc(C5CC5)ncc4C(=N)N3)c2)c1. The van der Waals surface area contributed by atoms with Gasteiger partial charge in [0, 0.05) is 42.1 Å². The van der Waals surface area contributed by atoms with E-state index in [0.29, 0.717) is 11.8 Å². The first-order valence-corrected chi connectivity index (χ1v) is 9.90. The lowest BCUT2D eigenvalue weighted by Crippen LogP contribution is -2.36. The molecule has 1 fully saturated rings. The molecule has 0 bridgehead atoms. The Kier molecular flexibility index (Phi) is 4.33. The van der Waals surface area contributed by atoms with Gasteiger partial charge in [0.25, 0.3) is 0 Å². The van der Waals surface area contributed by atoms with E-state index in [1.54, 1.807) is 6.20 Å². The largest absolute Gasteiger partial charge is 0.363 e. The quantitative estimate of drug-likeness (QED) is 0.675. The van der Waals surface area contributed by atoms with Crippen molar-refractivity contribution < 1.29 is 0 Å². The van der Waals surface area contributed by atoms with E-state index in [2.05, 4.69) is 57.5 Å². The smallest absolute Gasteiger partial charge is 0.131 e. The van der Waals surface area contributed by atoms with Crippen molar-refractivity contribution in [3.05, 3.63) is 77.1 Å². The molecule has 1 aromatic carbocycles. The summed E-state index contributed by atoms with van der Waals surface area (Å²) in [5, 5.41) is 11.7. The van der Waals surface area contributed by atoms with Crippen molar-refractivity contribution in [3.8, 4) is 23.0 Å². The predicted molar refractivity (Wildman–Crippen MR) is 113 cm³/mol. The first-order chi connectivity index (χ1) is 14.2. The summed E-state index contributed by atoms with van der Waals surface area (Å²) in [6.45, 7) is 1.83. The molecule has 1 aliphatic heterocycles. The minimum atomic E-state index is 0.0171. The standard InChI is InChI=1S/C24H21N5/c1-2-4-15-9-19(13-26-12-15)17-5-3-6-18(10-17)21-11-22-20(23(25)28-21)14-27-24(29-22)16-7-8-16/h3,5-6,9-10,12-14,16,21H,7-8,11H2,1H3,(H2,25,28). The average molecular weight is 379 g/mol. The van der Waals surface area contributed by atoms with Crippen molar-refractivity contribution in [1.29, 1.82) is 5.41 Å². The molecule has 5 rings (SSSR count). The van der Waals surface area contributed by atoms with Crippen LogP contribution in [0.5, 0.6) is 0 Å². The molecule has 2 aromatic heterocycles. The van der Waals surface area contributed by atoms with E-state index >= 15 is 0 Å². The van der Waals surface area contributed by atoms with E-state index in [1.807, 2.05) is 19.3 Å². The fourth-order valence-electron chi connectivity index (χ4n) is 3.78. The molecule has 3 aromatic rings. The fourth-order valence-corrected chi connectivity index (χ4v) is 3.78. The third-order valence-corrected chi connectivity index (χ3v) is 5.44. The van der Waals surface area contributed by atoms with E-state index in [0.717, 1.165) is 45.8 Å². The molecule has 0 spiro atoms. The molecule has 2 aliphatic rings. The molecule has 0 saturated heterocycles. The highest BCUT2D eigenvalue weighted by Gasteiger charge is 2.30. The van der Waals surface area contributed by atoms with Gasteiger partial charge in [-0.25, -0.2) is 9.97 Å². The van der Waals surface area contributed by atoms with Gasteiger partial charge in [-0.1, -0.05) is 24.1 Å². The summed E-state index contributed by atoms with van der Waals surface area (Å²) >= 11 is 0. The van der Waals surface area contributed by atoms with Crippen LogP contribution >= 0.6 is 0 Å². The number of pyridine rings is 1. The Morgan fingerprint density at radius 3 is 2.83 bits per heavy atom. The molecule has 5 heteroatoms. The summed E-state index contributed by atoms with van der Waals surface area (Å²) in [6.07, 6.45) is 8.56. The second kappa shape index (κ2) is 7.14. The van der Waals surface area contributed by atoms with Crippen LogP contribution in [-0.2, 0) is 6.42 Å².